The molecular formula is C22H24N2O2. The Morgan fingerprint density at radius 3 is 2.19 bits per heavy atom. The van der Waals surface area contributed by atoms with E-state index in [1.54, 1.807) is 0 Å². The number of hydrogen-bond donors (Lipinski definition) is 2. The predicted molar refractivity (Wildman–Crippen MR) is 103 cm³/mol. The van der Waals surface area contributed by atoms with Crippen LogP contribution in [0.4, 0.5) is 5.69 Å². The van der Waals surface area contributed by atoms with Gasteiger partial charge in [-0.1, -0.05) is 60.7 Å². The fraction of sp³-hybridized carbons (Fsp3) is 0.273. The second kappa shape index (κ2) is 8.48. The minimum absolute atomic E-state index is 0.0665. The highest BCUT2D eigenvalue weighted by molar-refractivity contribution is 5.96. The van der Waals surface area contributed by atoms with E-state index in [4.69, 9.17) is 0 Å². The van der Waals surface area contributed by atoms with E-state index >= 15 is 0 Å². The number of hydrogen-bond acceptors (Lipinski definition) is 2. The van der Waals surface area contributed by atoms with Crippen molar-refractivity contribution in [2.75, 3.05) is 5.32 Å². The van der Waals surface area contributed by atoms with Crippen LogP contribution in [0.3, 0.4) is 0 Å². The summed E-state index contributed by atoms with van der Waals surface area (Å²) in [6.07, 6.45) is 5.15. The van der Waals surface area contributed by atoms with Gasteiger partial charge in [-0.05, 0) is 37.0 Å². The smallest absolute Gasteiger partial charge is 0.228 e. The number of aryl methyl sites for hydroxylation is 1. The Bertz CT molecular complexity index is 799. The summed E-state index contributed by atoms with van der Waals surface area (Å²) in [4.78, 5) is 25.5. The van der Waals surface area contributed by atoms with Crippen molar-refractivity contribution in [3.8, 4) is 0 Å². The molecule has 0 bridgehead atoms. The summed E-state index contributed by atoms with van der Waals surface area (Å²) in [5.41, 5.74) is 2.86. The van der Waals surface area contributed by atoms with Gasteiger partial charge in [0.05, 0.1) is 11.8 Å². The fourth-order valence-corrected chi connectivity index (χ4v) is 3.25. The number of rotatable bonds is 5. The predicted octanol–water partition coefficient (Wildman–Crippen LogP) is 3.83. The lowest BCUT2D eigenvalue weighted by Crippen LogP contribution is -2.40. The van der Waals surface area contributed by atoms with E-state index < -0.39 is 0 Å². The minimum atomic E-state index is -0.352. The molecule has 0 spiro atoms. The first-order valence-corrected chi connectivity index (χ1v) is 8.98. The zero-order valence-corrected chi connectivity index (χ0v) is 14.9. The number of benzene rings is 2. The third-order valence-electron chi connectivity index (χ3n) is 4.82. The number of anilines is 1. The van der Waals surface area contributed by atoms with Crippen LogP contribution >= 0.6 is 0 Å². The first-order chi connectivity index (χ1) is 12.6. The first kappa shape index (κ1) is 17.9. The minimum Gasteiger partial charge on any atom is -0.352 e. The van der Waals surface area contributed by atoms with Crippen molar-refractivity contribution in [1.29, 1.82) is 0 Å². The van der Waals surface area contributed by atoms with Crippen LogP contribution in [0.2, 0.25) is 0 Å². The van der Waals surface area contributed by atoms with Gasteiger partial charge in [0.25, 0.3) is 0 Å². The van der Waals surface area contributed by atoms with Crippen LogP contribution in [0.25, 0.3) is 0 Å². The monoisotopic (exact) mass is 348 g/mol. The first-order valence-electron chi connectivity index (χ1n) is 8.98. The molecule has 0 unspecified atom stereocenters. The third-order valence-corrected chi connectivity index (χ3v) is 4.82. The zero-order valence-electron chi connectivity index (χ0n) is 14.9. The quantitative estimate of drug-likeness (QED) is 0.807. The summed E-state index contributed by atoms with van der Waals surface area (Å²) in [7, 11) is 0. The van der Waals surface area contributed by atoms with Crippen molar-refractivity contribution in [2.45, 2.75) is 26.3 Å². The SMILES string of the molecule is Cc1ccccc1NC(=O)[C@H]1CC=CC[C@H]1C(=O)NCc1ccccc1. The molecule has 0 radical (unpaired) electrons. The Labute approximate surface area is 154 Å². The Kier molecular flexibility index (Phi) is 5.84. The summed E-state index contributed by atoms with van der Waals surface area (Å²) >= 11 is 0. The van der Waals surface area contributed by atoms with E-state index in [0.29, 0.717) is 19.4 Å². The molecule has 0 aliphatic heterocycles. The van der Waals surface area contributed by atoms with Crippen molar-refractivity contribution < 1.29 is 9.59 Å². The Balaban J connectivity index is 1.65. The number of carbonyl (C=O) groups is 2. The molecule has 0 fully saturated rings. The maximum atomic E-state index is 12.8. The van der Waals surface area contributed by atoms with Gasteiger partial charge < -0.3 is 10.6 Å². The third kappa shape index (κ3) is 4.39. The van der Waals surface area contributed by atoms with Crippen LogP contribution in [0.5, 0.6) is 0 Å². The van der Waals surface area contributed by atoms with Gasteiger partial charge in [0.1, 0.15) is 0 Å². The molecule has 2 aromatic carbocycles. The average Bonchev–Trinajstić information content (AvgIpc) is 2.68. The van der Waals surface area contributed by atoms with Crippen molar-refractivity contribution >= 4 is 17.5 Å². The van der Waals surface area contributed by atoms with Crippen LogP contribution in [0.15, 0.2) is 66.7 Å². The molecular weight excluding hydrogens is 324 g/mol. The van der Waals surface area contributed by atoms with E-state index in [0.717, 1.165) is 16.8 Å². The molecule has 4 heteroatoms. The summed E-state index contributed by atoms with van der Waals surface area (Å²) < 4.78 is 0. The number of carbonyl (C=O) groups excluding carboxylic acids is 2. The summed E-state index contributed by atoms with van der Waals surface area (Å²) in [5.74, 6) is -0.852. The van der Waals surface area contributed by atoms with Gasteiger partial charge in [-0.2, -0.15) is 0 Å². The van der Waals surface area contributed by atoms with E-state index in [-0.39, 0.29) is 23.7 Å². The summed E-state index contributed by atoms with van der Waals surface area (Å²) in [5, 5.41) is 5.96. The number of amides is 2. The molecule has 26 heavy (non-hydrogen) atoms. The second-order valence-corrected chi connectivity index (χ2v) is 6.66. The Morgan fingerprint density at radius 2 is 1.50 bits per heavy atom. The van der Waals surface area contributed by atoms with Crippen molar-refractivity contribution in [3.05, 3.63) is 77.9 Å². The molecule has 1 aliphatic carbocycles. The van der Waals surface area contributed by atoms with Gasteiger partial charge in [-0.25, -0.2) is 0 Å². The van der Waals surface area contributed by atoms with E-state index in [1.807, 2.05) is 73.7 Å². The molecule has 2 amide bonds. The van der Waals surface area contributed by atoms with Crippen LogP contribution in [0.1, 0.15) is 24.0 Å². The number of para-hydroxylation sites is 1. The van der Waals surface area contributed by atoms with E-state index in [9.17, 15) is 9.59 Å². The molecule has 4 nitrogen and oxygen atoms in total. The molecule has 0 heterocycles. The molecule has 0 aromatic heterocycles. The zero-order chi connectivity index (χ0) is 18.4. The fourth-order valence-electron chi connectivity index (χ4n) is 3.25. The summed E-state index contributed by atoms with van der Waals surface area (Å²) in [6.45, 7) is 2.44. The van der Waals surface area contributed by atoms with E-state index in [1.165, 1.54) is 0 Å². The standard InChI is InChI=1S/C22H24N2O2/c1-16-9-5-8-14-20(16)24-22(26)19-13-7-6-12-18(19)21(25)23-15-17-10-3-2-4-11-17/h2-11,14,18-19H,12-13,15H2,1H3,(H,23,25)(H,24,26)/t18-,19+/m1/s1. The highest BCUT2D eigenvalue weighted by Crippen LogP contribution is 2.28. The number of allylic oxidation sites excluding steroid dienone is 2. The van der Waals surface area contributed by atoms with Gasteiger partial charge in [-0.15, -0.1) is 0 Å². The lowest BCUT2D eigenvalue weighted by atomic mass is 9.81. The van der Waals surface area contributed by atoms with E-state index in [2.05, 4.69) is 10.6 Å². The molecule has 3 rings (SSSR count). The second-order valence-electron chi connectivity index (χ2n) is 6.66. The molecule has 1 aliphatic rings. The topological polar surface area (TPSA) is 58.2 Å². The summed E-state index contributed by atoms with van der Waals surface area (Å²) in [6, 6.07) is 17.5. The molecule has 134 valence electrons. The van der Waals surface area contributed by atoms with Crippen molar-refractivity contribution in [3.63, 3.8) is 0 Å². The molecule has 0 saturated heterocycles. The molecule has 0 saturated carbocycles. The van der Waals surface area contributed by atoms with Gasteiger partial charge in [0.15, 0.2) is 0 Å². The maximum Gasteiger partial charge on any atom is 0.228 e. The highest BCUT2D eigenvalue weighted by Gasteiger charge is 2.34. The molecule has 2 aromatic rings. The van der Waals surface area contributed by atoms with Crippen LogP contribution in [-0.2, 0) is 16.1 Å². The maximum absolute atomic E-state index is 12.8. The van der Waals surface area contributed by atoms with Gasteiger partial charge in [0, 0.05) is 12.2 Å². The lowest BCUT2D eigenvalue weighted by molar-refractivity contribution is -0.132. The van der Waals surface area contributed by atoms with Gasteiger partial charge in [-0.3, -0.25) is 9.59 Å². The van der Waals surface area contributed by atoms with Gasteiger partial charge in [0.2, 0.25) is 11.8 Å². The van der Waals surface area contributed by atoms with Crippen molar-refractivity contribution in [2.24, 2.45) is 11.8 Å². The Hall–Kier alpha value is -2.88. The van der Waals surface area contributed by atoms with Crippen LogP contribution in [-0.4, -0.2) is 11.8 Å². The molecule has 2 N–H and O–H groups in total. The normalized spacial score (nSPS) is 19.0. The lowest BCUT2D eigenvalue weighted by Gasteiger charge is -2.27. The molecule has 2 atom stereocenters. The average molecular weight is 348 g/mol. The highest BCUT2D eigenvalue weighted by atomic mass is 16.2. The van der Waals surface area contributed by atoms with Crippen molar-refractivity contribution in [1.82, 2.24) is 5.32 Å². The largest absolute Gasteiger partial charge is 0.352 e. The van der Waals surface area contributed by atoms with Crippen LogP contribution in [0, 0.1) is 18.8 Å². The number of nitrogens with one attached hydrogen (secondary N) is 2. The van der Waals surface area contributed by atoms with Gasteiger partial charge >= 0.3 is 0 Å². The van der Waals surface area contributed by atoms with Crippen LogP contribution < -0.4 is 10.6 Å². The Morgan fingerprint density at radius 1 is 0.885 bits per heavy atom.